The number of amides is 1. The summed E-state index contributed by atoms with van der Waals surface area (Å²) >= 11 is 0. The SMILES string of the molecule is Cc1nn(C(C)(C)C)cc1C(=O)N1CC[C@@H](N2CCOCC2)[C@H]1C. The van der Waals surface area contributed by atoms with Gasteiger partial charge in [0, 0.05) is 37.9 Å². The standard InChI is InChI=1S/C18H30N4O2/c1-13-15(12-22(19-13)18(3,4)5)17(23)21-7-6-16(14(21)2)20-8-10-24-11-9-20/h12,14,16H,6-11H2,1-5H3/t14-,16-/m1/s1. The largest absolute Gasteiger partial charge is 0.379 e. The first-order valence-corrected chi connectivity index (χ1v) is 8.98. The van der Waals surface area contributed by atoms with Crippen LogP contribution in [0.5, 0.6) is 0 Å². The summed E-state index contributed by atoms with van der Waals surface area (Å²) in [6.07, 6.45) is 2.95. The molecule has 6 nitrogen and oxygen atoms in total. The van der Waals surface area contributed by atoms with Gasteiger partial charge in [0.15, 0.2) is 0 Å². The summed E-state index contributed by atoms with van der Waals surface area (Å²) in [5, 5.41) is 4.55. The van der Waals surface area contributed by atoms with Crippen molar-refractivity contribution in [3.63, 3.8) is 0 Å². The molecule has 2 fully saturated rings. The van der Waals surface area contributed by atoms with Gasteiger partial charge in [-0.3, -0.25) is 14.4 Å². The Balaban J connectivity index is 1.75. The number of ether oxygens (including phenoxy) is 1. The third kappa shape index (κ3) is 3.22. The van der Waals surface area contributed by atoms with E-state index in [9.17, 15) is 4.79 Å². The van der Waals surface area contributed by atoms with Gasteiger partial charge in [-0.25, -0.2) is 0 Å². The molecule has 0 aromatic carbocycles. The molecule has 2 aliphatic rings. The summed E-state index contributed by atoms with van der Waals surface area (Å²) in [4.78, 5) is 17.6. The topological polar surface area (TPSA) is 50.6 Å². The number of morpholine rings is 1. The Labute approximate surface area is 144 Å². The average molecular weight is 334 g/mol. The van der Waals surface area contributed by atoms with Gasteiger partial charge in [-0.2, -0.15) is 5.10 Å². The molecule has 0 N–H and O–H groups in total. The lowest BCUT2D eigenvalue weighted by Crippen LogP contribution is -2.49. The number of likely N-dealkylation sites (tertiary alicyclic amines) is 1. The zero-order valence-corrected chi connectivity index (χ0v) is 15.6. The van der Waals surface area contributed by atoms with Crippen LogP contribution in [0, 0.1) is 6.92 Å². The Morgan fingerprint density at radius 2 is 1.92 bits per heavy atom. The third-order valence-corrected chi connectivity index (χ3v) is 5.31. The number of carbonyl (C=O) groups is 1. The van der Waals surface area contributed by atoms with Gasteiger partial charge in [-0.1, -0.05) is 0 Å². The fraction of sp³-hybridized carbons (Fsp3) is 0.778. The Bertz CT molecular complexity index is 599. The molecule has 1 aromatic rings. The zero-order valence-electron chi connectivity index (χ0n) is 15.6. The van der Waals surface area contributed by atoms with E-state index in [-0.39, 0.29) is 17.5 Å². The predicted molar refractivity (Wildman–Crippen MR) is 93.3 cm³/mol. The quantitative estimate of drug-likeness (QED) is 0.829. The van der Waals surface area contributed by atoms with Crippen molar-refractivity contribution < 1.29 is 9.53 Å². The summed E-state index contributed by atoms with van der Waals surface area (Å²) in [5.74, 6) is 0.117. The van der Waals surface area contributed by atoms with Crippen molar-refractivity contribution in [3.05, 3.63) is 17.5 Å². The lowest BCUT2D eigenvalue weighted by molar-refractivity contribution is 0.0104. The van der Waals surface area contributed by atoms with Gasteiger partial charge in [-0.15, -0.1) is 0 Å². The van der Waals surface area contributed by atoms with Crippen molar-refractivity contribution in [2.24, 2.45) is 0 Å². The molecule has 2 saturated heterocycles. The van der Waals surface area contributed by atoms with Crippen molar-refractivity contribution in [2.75, 3.05) is 32.8 Å². The van der Waals surface area contributed by atoms with Crippen LogP contribution in [0.1, 0.15) is 50.2 Å². The molecule has 1 amide bonds. The van der Waals surface area contributed by atoms with Gasteiger partial charge < -0.3 is 9.64 Å². The van der Waals surface area contributed by atoms with Gasteiger partial charge in [0.1, 0.15) is 0 Å². The van der Waals surface area contributed by atoms with E-state index in [2.05, 4.69) is 37.7 Å². The number of rotatable bonds is 2. The zero-order chi connectivity index (χ0) is 17.5. The van der Waals surface area contributed by atoms with Gasteiger partial charge in [0.2, 0.25) is 0 Å². The van der Waals surface area contributed by atoms with Gasteiger partial charge in [0.05, 0.1) is 30.0 Å². The van der Waals surface area contributed by atoms with Crippen LogP contribution < -0.4 is 0 Å². The molecular formula is C18H30N4O2. The maximum Gasteiger partial charge on any atom is 0.257 e. The van der Waals surface area contributed by atoms with Crippen LogP contribution >= 0.6 is 0 Å². The average Bonchev–Trinajstić information content (AvgIpc) is 3.10. The van der Waals surface area contributed by atoms with Gasteiger partial charge in [-0.05, 0) is 41.0 Å². The number of hydrogen-bond acceptors (Lipinski definition) is 4. The fourth-order valence-electron chi connectivity index (χ4n) is 3.78. The lowest BCUT2D eigenvalue weighted by Gasteiger charge is -2.35. The summed E-state index contributed by atoms with van der Waals surface area (Å²) in [6.45, 7) is 14.8. The minimum Gasteiger partial charge on any atom is -0.379 e. The Hall–Kier alpha value is -1.40. The highest BCUT2D eigenvalue weighted by Crippen LogP contribution is 2.26. The maximum atomic E-state index is 13.1. The van der Waals surface area contributed by atoms with Crippen molar-refractivity contribution >= 4 is 5.91 Å². The second-order valence-corrected chi connectivity index (χ2v) is 7.99. The molecule has 24 heavy (non-hydrogen) atoms. The van der Waals surface area contributed by atoms with Crippen LogP contribution in [-0.2, 0) is 10.3 Å². The Kier molecular flexibility index (Phi) is 4.71. The molecule has 134 valence electrons. The second kappa shape index (κ2) is 6.48. The molecule has 3 rings (SSSR count). The minimum atomic E-state index is -0.115. The highest BCUT2D eigenvalue weighted by Gasteiger charge is 2.38. The van der Waals surface area contributed by atoms with Crippen LogP contribution in [0.4, 0.5) is 0 Å². The minimum absolute atomic E-state index is 0.115. The first-order valence-electron chi connectivity index (χ1n) is 8.98. The van der Waals surface area contributed by atoms with E-state index in [1.807, 2.05) is 22.7 Å². The third-order valence-electron chi connectivity index (χ3n) is 5.31. The normalized spacial score (nSPS) is 26.1. The number of hydrogen-bond donors (Lipinski definition) is 0. The molecule has 0 radical (unpaired) electrons. The molecule has 0 saturated carbocycles. The van der Waals surface area contributed by atoms with E-state index in [4.69, 9.17) is 4.74 Å². The van der Waals surface area contributed by atoms with E-state index in [0.717, 1.165) is 50.5 Å². The van der Waals surface area contributed by atoms with E-state index in [0.29, 0.717) is 6.04 Å². The highest BCUT2D eigenvalue weighted by molar-refractivity contribution is 5.95. The summed E-state index contributed by atoms with van der Waals surface area (Å²) in [6, 6.07) is 0.670. The molecule has 6 heteroatoms. The lowest BCUT2D eigenvalue weighted by atomic mass is 10.1. The molecule has 0 spiro atoms. The van der Waals surface area contributed by atoms with Crippen LogP contribution in [-0.4, -0.2) is 70.4 Å². The van der Waals surface area contributed by atoms with Gasteiger partial charge in [0.25, 0.3) is 5.91 Å². The highest BCUT2D eigenvalue weighted by atomic mass is 16.5. The monoisotopic (exact) mass is 334 g/mol. The van der Waals surface area contributed by atoms with Crippen molar-refractivity contribution in [2.45, 2.75) is 58.7 Å². The van der Waals surface area contributed by atoms with Crippen molar-refractivity contribution in [1.29, 1.82) is 0 Å². The van der Waals surface area contributed by atoms with E-state index < -0.39 is 0 Å². The van der Waals surface area contributed by atoms with Crippen LogP contribution in [0.15, 0.2) is 6.20 Å². The number of aryl methyl sites for hydroxylation is 1. The molecular weight excluding hydrogens is 304 g/mol. The first kappa shape index (κ1) is 17.4. The smallest absolute Gasteiger partial charge is 0.257 e. The van der Waals surface area contributed by atoms with Crippen molar-refractivity contribution in [1.82, 2.24) is 19.6 Å². The molecule has 2 aliphatic heterocycles. The van der Waals surface area contributed by atoms with E-state index in [1.165, 1.54) is 0 Å². The summed E-state index contributed by atoms with van der Waals surface area (Å²) < 4.78 is 7.35. The number of carbonyl (C=O) groups excluding carboxylic acids is 1. The van der Waals surface area contributed by atoms with E-state index in [1.54, 1.807) is 0 Å². The molecule has 0 aliphatic carbocycles. The fourth-order valence-corrected chi connectivity index (χ4v) is 3.78. The van der Waals surface area contributed by atoms with E-state index >= 15 is 0 Å². The Morgan fingerprint density at radius 3 is 2.50 bits per heavy atom. The Morgan fingerprint density at radius 1 is 1.25 bits per heavy atom. The summed E-state index contributed by atoms with van der Waals surface area (Å²) in [7, 11) is 0. The first-order chi connectivity index (χ1) is 11.3. The second-order valence-electron chi connectivity index (χ2n) is 7.99. The maximum absolute atomic E-state index is 13.1. The van der Waals surface area contributed by atoms with Crippen LogP contribution in [0.3, 0.4) is 0 Å². The predicted octanol–water partition coefficient (Wildman–Crippen LogP) is 1.88. The molecule has 1 aromatic heterocycles. The number of aromatic nitrogens is 2. The van der Waals surface area contributed by atoms with Gasteiger partial charge >= 0.3 is 0 Å². The van der Waals surface area contributed by atoms with Crippen LogP contribution in [0.25, 0.3) is 0 Å². The summed E-state index contributed by atoms with van der Waals surface area (Å²) in [5.41, 5.74) is 1.44. The molecule has 0 unspecified atom stereocenters. The molecule has 0 bridgehead atoms. The van der Waals surface area contributed by atoms with Crippen molar-refractivity contribution in [3.8, 4) is 0 Å². The molecule has 3 heterocycles. The number of nitrogens with zero attached hydrogens (tertiary/aromatic N) is 4. The molecule has 2 atom stereocenters. The van der Waals surface area contributed by atoms with Crippen LogP contribution in [0.2, 0.25) is 0 Å².